The molecule has 2 aliphatic rings. The Labute approximate surface area is 139 Å². The number of carbonyl (C=O) groups excluding carboxylic acids is 1. The fraction of sp³-hybridized carbons (Fsp3) is 0.471. The predicted molar refractivity (Wildman–Crippen MR) is 89.3 cm³/mol. The zero-order valence-electron chi connectivity index (χ0n) is 14.2. The number of carbonyl (C=O) groups is 1. The Balaban J connectivity index is 1.90. The Kier molecular flexibility index (Phi) is 3.16. The van der Waals surface area contributed by atoms with Crippen molar-refractivity contribution in [2.75, 3.05) is 17.3 Å². The summed E-state index contributed by atoms with van der Waals surface area (Å²) < 4.78 is 15.7. The number of halogens is 1. The van der Waals surface area contributed by atoms with Crippen molar-refractivity contribution in [3.8, 4) is 11.3 Å². The van der Waals surface area contributed by atoms with E-state index in [-0.39, 0.29) is 23.8 Å². The second-order valence-corrected chi connectivity index (χ2v) is 6.74. The van der Waals surface area contributed by atoms with Crippen LogP contribution in [0.2, 0.25) is 0 Å². The predicted octanol–water partition coefficient (Wildman–Crippen LogP) is 2.79. The Bertz CT molecular complexity index is 855. The molecule has 1 aliphatic carbocycles. The standard InChI is InChI=1S/C17H20FN5O/c1-8-7-11-13-12(15(18)23(4)21-13)9(2)22(3)14(11)16(19-8)20-17(24)10-5-6-10/h7,9-10H,5-6H2,1-4H3,(H,19,20,24). The van der Waals surface area contributed by atoms with Gasteiger partial charge in [-0.3, -0.25) is 4.79 Å². The molecule has 0 radical (unpaired) electrons. The highest BCUT2D eigenvalue weighted by molar-refractivity contribution is 5.99. The fourth-order valence-corrected chi connectivity index (χ4v) is 3.33. The van der Waals surface area contributed by atoms with Crippen LogP contribution in [0.3, 0.4) is 0 Å². The highest BCUT2D eigenvalue weighted by Crippen LogP contribution is 2.47. The number of aryl methyl sites for hydroxylation is 2. The lowest BCUT2D eigenvalue weighted by molar-refractivity contribution is -0.117. The number of pyridine rings is 1. The Morgan fingerprint density at radius 1 is 1.38 bits per heavy atom. The summed E-state index contributed by atoms with van der Waals surface area (Å²) in [6, 6.07) is 1.71. The van der Waals surface area contributed by atoms with Crippen molar-refractivity contribution in [3.05, 3.63) is 23.3 Å². The first kappa shape index (κ1) is 15.1. The molecule has 4 rings (SSSR count). The van der Waals surface area contributed by atoms with Gasteiger partial charge in [-0.1, -0.05) is 0 Å². The number of fused-ring (bicyclic) bond motifs is 3. The van der Waals surface area contributed by atoms with E-state index in [1.807, 2.05) is 31.9 Å². The van der Waals surface area contributed by atoms with Crippen molar-refractivity contribution < 1.29 is 9.18 Å². The van der Waals surface area contributed by atoms with E-state index in [0.29, 0.717) is 17.1 Å². The zero-order chi connectivity index (χ0) is 17.2. The molecule has 7 heteroatoms. The van der Waals surface area contributed by atoms with Gasteiger partial charge in [0.25, 0.3) is 0 Å². The Morgan fingerprint density at radius 3 is 2.75 bits per heavy atom. The number of amides is 1. The van der Waals surface area contributed by atoms with Gasteiger partial charge in [-0.05, 0) is 32.8 Å². The number of hydrogen-bond donors (Lipinski definition) is 1. The van der Waals surface area contributed by atoms with Crippen LogP contribution in [0.15, 0.2) is 6.07 Å². The number of anilines is 2. The van der Waals surface area contributed by atoms with Crippen LogP contribution in [0.4, 0.5) is 15.9 Å². The summed E-state index contributed by atoms with van der Waals surface area (Å²) in [6.45, 7) is 3.79. The maximum atomic E-state index is 14.5. The average molecular weight is 329 g/mol. The molecule has 6 nitrogen and oxygen atoms in total. The molecule has 0 spiro atoms. The monoisotopic (exact) mass is 329 g/mol. The van der Waals surface area contributed by atoms with Gasteiger partial charge in [-0.25, -0.2) is 9.67 Å². The van der Waals surface area contributed by atoms with E-state index in [4.69, 9.17) is 0 Å². The minimum atomic E-state index is -0.326. The van der Waals surface area contributed by atoms with Crippen molar-refractivity contribution in [1.29, 1.82) is 0 Å². The maximum Gasteiger partial charge on any atom is 0.228 e. The van der Waals surface area contributed by atoms with E-state index >= 15 is 0 Å². The second-order valence-electron chi connectivity index (χ2n) is 6.74. The largest absolute Gasteiger partial charge is 0.364 e. The van der Waals surface area contributed by atoms with Gasteiger partial charge in [0, 0.05) is 31.3 Å². The highest BCUT2D eigenvalue weighted by atomic mass is 19.1. The summed E-state index contributed by atoms with van der Waals surface area (Å²) in [6.07, 6.45) is 1.86. The van der Waals surface area contributed by atoms with Crippen LogP contribution in [0.25, 0.3) is 11.3 Å². The van der Waals surface area contributed by atoms with Crippen LogP contribution in [-0.4, -0.2) is 27.7 Å². The van der Waals surface area contributed by atoms with E-state index in [2.05, 4.69) is 15.4 Å². The molecule has 2 aromatic heterocycles. The molecule has 2 aromatic rings. The van der Waals surface area contributed by atoms with Crippen molar-refractivity contribution in [2.24, 2.45) is 13.0 Å². The molecule has 1 amide bonds. The third-order valence-corrected chi connectivity index (χ3v) is 4.93. The van der Waals surface area contributed by atoms with E-state index in [1.54, 1.807) is 7.05 Å². The molecule has 1 atom stereocenters. The molecule has 3 heterocycles. The van der Waals surface area contributed by atoms with E-state index in [9.17, 15) is 9.18 Å². The maximum absolute atomic E-state index is 14.5. The second kappa shape index (κ2) is 5.03. The number of nitrogens with one attached hydrogen (secondary N) is 1. The molecule has 0 aromatic carbocycles. The van der Waals surface area contributed by atoms with E-state index in [1.165, 1.54) is 4.68 Å². The minimum Gasteiger partial charge on any atom is -0.364 e. The minimum absolute atomic E-state index is 0.00866. The topological polar surface area (TPSA) is 63.1 Å². The first-order valence-corrected chi connectivity index (χ1v) is 8.16. The number of hydrogen-bond acceptors (Lipinski definition) is 4. The quantitative estimate of drug-likeness (QED) is 0.920. The molecule has 0 bridgehead atoms. The van der Waals surface area contributed by atoms with Crippen LogP contribution in [-0.2, 0) is 11.8 Å². The molecule has 1 aliphatic heterocycles. The van der Waals surface area contributed by atoms with Gasteiger partial charge >= 0.3 is 0 Å². The lowest BCUT2D eigenvalue weighted by Gasteiger charge is -2.34. The van der Waals surface area contributed by atoms with Gasteiger partial charge < -0.3 is 10.2 Å². The fourth-order valence-electron chi connectivity index (χ4n) is 3.33. The Morgan fingerprint density at radius 2 is 2.08 bits per heavy atom. The summed E-state index contributed by atoms with van der Waals surface area (Å²) in [5.74, 6) is 0.312. The smallest absolute Gasteiger partial charge is 0.228 e. The van der Waals surface area contributed by atoms with Crippen molar-refractivity contribution in [2.45, 2.75) is 32.7 Å². The van der Waals surface area contributed by atoms with Crippen LogP contribution in [0.5, 0.6) is 0 Å². The SMILES string of the molecule is Cc1cc2c(c(NC(=O)C3CC3)n1)N(C)C(C)c1c-2nn(C)c1F. The lowest BCUT2D eigenvalue weighted by Crippen LogP contribution is -2.29. The molecule has 0 saturated heterocycles. The highest BCUT2D eigenvalue weighted by Gasteiger charge is 2.36. The van der Waals surface area contributed by atoms with Crippen LogP contribution in [0, 0.1) is 18.8 Å². The van der Waals surface area contributed by atoms with Crippen molar-refractivity contribution >= 4 is 17.4 Å². The molecular weight excluding hydrogens is 309 g/mol. The number of rotatable bonds is 2. The number of nitrogens with zero attached hydrogens (tertiary/aromatic N) is 4. The summed E-state index contributed by atoms with van der Waals surface area (Å²) in [7, 11) is 3.49. The molecule has 1 unspecified atom stereocenters. The molecular formula is C17H20FN5O. The average Bonchev–Trinajstić information content (AvgIpc) is 3.32. The van der Waals surface area contributed by atoms with Gasteiger partial charge in [-0.15, -0.1) is 0 Å². The molecule has 1 fully saturated rings. The van der Waals surface area contributed by atoms with E-state index < -0.39 is 0 Å². The molecule has 126 valence electrons. The van der Waals surface area contributed by atoms with Gasteiger partial charge in [0.1, 0.15) is 5.69 Å². The van der Waals surface area contributed by atoms with Gasteiger partial charge in [0.05, 0.1) is 17.3 Å². The van der Waals surface area contributed by atoms with Crippen molar-refractivity contribution in [1.82, 2.24) is 14.8 Å². The number of aromatic nitrogens is 3. The van der Waals surface area contributed by atoms with Gasteiger partial charge in [0.2, 0.25) is 11.9 Å². The third-order valence-electron chi connectivity index (χ3n) is 4.93. The first-order valence-electron chi connectivity index (χ1n) is 8.16. The van der Waals surface area contributed by atoms with E-state index in [0.717, 1.165) is 29.8 Å². The normalized spacial score (nSPS) is 19.0. The first-order chi connectivity index (χ1) is 11.4. The van der Waals surface area contributed by atoms with Crippen LogP contribution in [0.1, 0.15) is 37.1 Å². The lowest BCUT2D eigenvalue weighted by atomic mass is 9.95. The molecule has 1 saturated carbocycles. The summed E-state index contributed by atoms with van der Waals surface area (Å²) in [4.78, 5) is 18.7. The van der Waals surface area contributed by atoms with Gasteiger partial charge in [0.15, 0.2) is 5.82 Å². The zero-order valence-corrected chi connectivity index (χ0v) is 14.2. The molecule has 24 heavy (non-hydrogen) atoms. The van der Waals surface area contributed by atoms with Crippen molar-refractivity contribution in [3.63, 3.8) is 0 Å². The van der Waals surface area contributed by atoms with Crippen LogP contribution >= 0.6 is 0 Å². The molecule has 1 N–H and O–H groups in total. The summed E-state index contributed by atoms with van der Waals surface area (Å²) in [5, 5.41) is 7.32. The Hall–Kier alpha value is -2.44. The third kappa shape index (κ3) is 2.11. The van der Waals surface area contributed by atoms with Crippen LogP contribution < -0.4 is 10.2 Å². The van der Waals surface area contributed by atoms with Gasteiger partial charge in [-0.2, -0.15) is 9.49 Å². The summed E-state index contributed by atoms with van der Waals surface area (Å²) >= 11 is 0. The summed E-state index contributed by atoms with van der Waals surface area (Å²) in [5.41, 5.74) is 3.58.